The normalized spacial score (nSPS) is 37.7. The molecule has 0 aromatic heterocycles. The zero-order valence-corrected chi connectivity index (χ0v) is 20.3. The molecule has 2 aliphatic rings. The van der Waals surface area contributed by atoms with E-state index in [1.807, 2.05) is 0 Å². The first-order valence-corrected chi connectivity index (χ1v) is 12.3. The van der Waals surface area contributed by atoms with Crippen LogP contribution in [-0.4, -0.2) is 74.5 Å². The maximum absolute atomic E-state index is 14.4. The summed E-state index contributed by atoms with van der Waals surface area (Å²) >= 11 is 0. The Balaban J connectivity index is 1.99. The highest BCUT2D eigenvalue weighted by atomic mass is 32.2. The molecule has 0 bridgehead atoms. The van der Waals surface area contributed by atoms with Crippen LogP contribution in [0.1, 0.15) is 51.7 Å². The van der Waals surface area contributed by atoms with Gasteiger partial charge >= 0.3 is 6.09 Å². The van der Waals surface area contributed by atoms with Gasteiger partial charge in [0.05, 0.1) is 44.3 Å². The third-order valence-electron chi connectivity index (χ3n) is 5.11. The van der Waals surface area contributed by atoms with E-state index in [9.17, 15) is 18.3 Å². The predicted octanol–water partition coefficient (Wildman–Crippen LogP) is 2.38. The molecule has 1 amide bonds. The summed E-state index contributed by atoms with van der Waals surface area (Å²) in [5, 5.41) is 13.6. The van der Waals surface area contributed by atoms with Crippen LogP contribution in [0.5, 0.6) is 0 Å². The minimum atomic E-state index is -6.14. The molecule has 2 fully saturated rings. The van der Waals surface area contributed by atoms with Crippen LogP contribution in [-0.2, 0) is 30.6 Å². The molecule has 0 aliphatic carbocycles. The van der Waals surface area contributed by atoms with Crippen LogP contribution in [0.15, 0.2) is 59.5 Å². The van der Waals surface area contributed by atoms with Crippen LogP contribution in [0.4, 0.5) is 10.5 Å². The lowest BCUT2D eigenvalue weighted by Gasteiger charge is -2.31. The molecule has 208 valence electrons. The number of alkyl carbamates (subject to hydrolysis) is 1. The van der Waals surface area contributed by atoms with E-state index in [1.54, 1.807) is 5.32 Å². The van der Waals surface area contributed by atoms with Crippen molar-refractivity contribution in [1.82, 2.24) is 9.62 Å². The fourth-order valence-corrected chi connectivity index (χ4v) is 4.41. The fraction of sp³-hybridized carbons (Fsp3) is 0.519. The van der Waals surface area contributed by atoms with Gasteiger partial charge in [-0.25, -0.2) is 13.2 Å². The number of hydrogen-bond acceptors (Lipinski definition) is 8. The van der Waals surface area contributed by atoms with Gasteiger partial charge in [-0.05, 0) is 48.5 Å². The van der Waals surface area contributed by atoms with Gasteiger partial charge in [-0.15, -0.1) is 0 Å². The number of carbonyl (C=O) groups is 1. The zero-order valence-electron chi connectivity index (χ0n) is 38.5. The highest BCUT2D eigenvalue weighted by Gasteiger charge is 2.44. The maximum atomic E-state index is 14.4. The molecule has 0 unspecified atom stereocenters. The first-order chi connectivity index (χ1) is 25.4. The standard InChI is InChI=1S/C27H37N3O7S/c1-18(2)15-30(38(33,34)21-10-8-20(28)9-11-21)16-24(31)23(14-19-6-4-3-5-7-19)29-27(32)37-25-17-36-26-22(25)12-13-35-26/h3-11,18,22-26,31H,12-17,28H2,1-2H3,(H,29,32)/t22-,23-,24-,25-,26+/m0/s1/i1D3,2D3,13D2,14D2,15D2,16D2,17D2,18D,24D,25D. The molecular formula is C27H37N3O7S. The van der Waals surface area contributed by atoms with E-state index >= 15 is 0 Å². The topological polar surface area (TPSA) is 140 Å². The number of fused-ring (bicyclic) bond motifs is 1. The fourth-order valence-electron chi connectivity index (χ4n) is 3.29. The van der Waals surface area contributed by atoms with Crippen molar-refractivity contribution < 1.29 is 58.6 Å². The number of hydrogen-bond donors (Lipinski definition) is 3. The van der Waals surface area contributed by atoms with E-state index in [0.717, 1.165) is 24.3 Å². The Bertz CT molecular complexity index is 1920. The molecule has 0 radical (unpaired) electrons. The number of sulfonamides is 1. The number of carbonyl (C=O) groups excluding carboxylic acids is 1. The lowest BCUT2D eigenvalue weighted by Crippen LogP contribution is -2.51. The highest BCUT2D eigenvalue weighted by molar-refractivity contribution is 7.89. The summed E-state index contributed by atoms with van der Waals surface area (Å²) in [6.07, 6.45) is -16.2. The molecular weight excluding hydrogens is 510 g/mol. The number of anilines is 1. The Morgan fingerprint density at radius 1 is 1.29 bits per heavy atom. The summed E-state index contributed by atoms with van der Waals surface area (Å²) in [6.45, 7) is -24.3. The van der Waals surface area contributed by atoms with Crippen LogP contribution in [0.2, 0.25) is 0 Å². The SMILES string of the molecule is [2H]C1([2H])C[C@@H]2[C@H](O1)OC([2H])([2H])[C@]2([2H])OC(=O)N[C@@H](C([2H])([2H])c1ccccc1)[C@@]([2H])(O)C([2H])([2H])N(C([2H])([2H])C([2H])(C([2H])([2H])[2H])C([2H])([2H])[2H])S(=O)(=O)c1ccc(N)cc1. The van der Waals surface area contributed by atoms with Crippen LogP contribution < -0.4 is 11.1 Å². The van der Waals surface area contributed by atoms with Gasteiger partial charge in [0.15, 0.2) is 6.29 Å². The lowest BCUT2D eigenvalue weighted by molar-refractivity contribution is -0.0907. The first-order valence-electron chi connectivity index (χ1n) is 20.4. The van der Waals surface area contributed by atoms with E-state index in [4.69, 9.17) is 46.0 Å². The molecule has 0 spiro atoms. The summed E-state index contributed by atoms with van der Waals surface area (Å²) in [4.78, 5) is 12.5. The van der Waals surface area contributed by atoms with Crippen LogP contribution in [0.3, 0.4) is 0 Å². The van der Waals surface area contributed by atoms with Gasteiger partial charge in [0.25, 0.3) is 0 Å². The molecule has 2 heterocycles. The minimum Gasteiger partial charge on any atom is -0.443 e. The number of nitrogens with one attached hydrogen (secondary N) is 1. The molecule has 2 aromatic carbocycles. The maximum Gasteiger partial charge on any atom is 0.407 e. The summed E-state index contributed by atoms with van der Waals surface area (Å²) in [6, 6.07) is 5.40. The molecule has 11 heteroatoms. The lowest BCUT2D eigenvalue weighted by atomic mass is 10.0. The largest absolute Gasteiger partial charge is 0.443 e. The Kier molecular flexibility index (Phi) is 4.14. The van der Waals surface area contributed by atoms with Crippen molar-refractivity contribution in [1.29, 1.82) is 0 Å². The molecule has 2 aromatic rings. The summed E-state index contributed by atoms with van der Waals surface area (Å²) in [5.41, 5.74) is 4.88. The van der Waals surface area contributed by atoms with Crippen molar-refractivity contribution in [2.45, 2.75) is 55.9 Å². The van der Waals surface area contributed by atoms with Gasteiger partial charge in [-0.3, -0.25) is 0 Å². The first kappa shape index (κ1) is 12.6. The second-order valence-corrected chi connectivity index (χ2v) is 9.61. The van der Waals surface area contributed by atoms with E-state index in [0.29, 0.717) is 12.1 Å². The number of nitrogens with zero attached hydrogens (tertiary/aromatic N) is 1. The average Bonchev–Trinajstić information content (AvgIpc) is 3.43. The number of amides is 1. The quantitative estimate of drug-likeness (QED) is 0.352. The van der Waals surface area contributed by atoms with Crippen molar-refractivity contribution in [3.05, 3.63) is 60.2 Å². The number of nitrogen functional groups attached to an aromatic ring is 1. The number of ether oxygens (including phenoxy) is 3. The van der Waals surface area contributed by atoms with Crippen molar-refractivity contribution in [3.63, 3.8) is 0 Å². The Labute approximate surface area is 250 Å². The van der Waals surface area contributed by atoms with E-state index in [1.165, 1.54) is 18.2 Å². The van der Waals surface area contributed by atoms with E-state index < -0.39 is 120 Å². The van der Waals surface area contributed by atoms with Crippen LogP contribution in [0, 0.1) is 11.8 Å². The number of rotatable bonds is 11. The van der Waals surface area contributed by atoms with Gasteiger partial charge in [0.2, 0.25) is 10.0 Å². The molecule has 2 aliphatic heterocycles. The molecule has 10 nitrogen and oxygen atoms in total. The average molecular weight is 567 g/mol. The molecule has 5 atom stereocenters. The van der Waals surface area contributed by atoms with Crippen molar-refractivity contribution >= 4 is 21.8 Å². The summed E-state index contributed by atoms with van der Waals surface area (Å²) in [7, 11) is -6.14. The van der Waals surface area contributed by atoms with Gasteiger partial charge in [0.1, 0.15) is 6.08 Å². The number of benzene rings is 2. The molecule has 2 saturated heterocycles. The molecule has 4 N–H and O–H groups in total. The summed E-state index contributed by atoms with van der Waals surface area (Å²) < 4.78 is 201. The number of aliphatic hydroxyl groups is 1. The smallest absolute Gasteiger partial charge is 0.407 e. The second kappa shape index (κ2) is 12.4. The third-order valence-corrected chi connectivity index (χ3v) is 6.65. The van der Waals surface area contributed by atoms with Crippen molar-refractivity contribution in [3.8, 4) is 0 Å². The Morgan fingerprint density at radius 2 is 2.03 bits per heavy atom. The Hall–Kier alpha value is -2.70. The third kappa shape index (κ3) is 7.03. The van der Waals surface area contributed by atoms with E-state index in [2.05, 4.69) is 0 Å². The van der Waals surface area contributed by atoms with E-state index in [-0.39, 0.29) is 5.69 Å². The monoisotopic (exact) mass is 566 g/mol. The molecule has 0 saturated carbocycles. The van der Waals surface area contributed by atoms with Crippen LogP contribution in [0.25, 0.3) is 0 Å². The van der Waals surface area contributed by atoms with Gasteiger partial charge in [-0.2, -0.15) is 4.31 Å². The summed E-state index contributed by atoms with van der Waals surface area (Å²) in [5.74, 6) is -6.38. The van der Waals surface area contributed by atoms with Gasteiger partial charge < -0.3 is 30.4 Å². The van der Waals surface area contributed by atoms with Crippen molar-refractivity contribution in [2.24, 2.45) is 11.8 Å². The zero-order chi connectivity index (χ0) is 44.0. The van der Waals surface area contributed by atoms with Crippen LogP contribution >= 0.6 is 0 Å². The van der Waals surface area contributed by atoms with Crippen molar-refractivity contribution in [2.75, 3.05) is 31.8 Å². The molecule has 38 heavy (non-hydrogen) atoms. The predicted molar refractivity (Wildman–Crippen MR) is 142 cm³/mol. The second-order valence-electron chi connectivity index (χ2n) is 7.82. The minimum absolute atomic E-state index is 0.127. The van der Waals surface area contributed by atoms with Gasteiger partial charge in [-0.1, -0.05) is 44.0 Å². The number of nitrogens with two attached hydrogens (primary N) is 1. The van der Waals surface area contributed by atoms with Gasteiger partial charge in [0, 0.05) is 36.5 Å². The molecule has 4 rings (SSSR count). The Morgan fingerprint density at radius 3 is 2.74 bits per heavy atom. The highest BCUT2D eigenvalue weighted by Crippen LogP contribution is 2.33.